The van der Waals surface area contributed by atoms with Crippen molar-refractivity contribution in [3.8, 4) is 0 Å². The van der Waals surface area contributed by atoms with Crippen LogP contribution in [0, 0.1) is 0 Å². The van der Waals surface area contributed by atoms with Crippen LogP contribution in [0.3, 0.4) is 0 Å². The average Bonchev–Trinajstić information content (AvgIpc) is 2.26. The zero-order chi connectivity index (χ0) is 12.1. The van der Waals surface area contributed by atoms with Gasteiger partial charge in [0.15, 0.2) is 0 Å². The standard InChI is InChI=1S/C11H14ClN3O/c1-8(11(13)16)7-15(14-2)10-6-4-3-5-9(10)12/h3-7,14H,1-2H3,(H2,13,16)/b8-7+. The minimum Gasteiger partial charge on any atom is -0.366 e. The Bertz CT molecular complexity index is 417. The zero-order valence-corrected chi connectivity index (χ0v) is 9.95. The van der Waals surface area contributed by atoms with E-state index in [4.69, 9.17) is 17.3 Å². The molecule has 0 aliphatic rings. The lowest BCUT2D eigenvalue weighted by Crippen LogP contribution is -2.31. The number of amides is 1. The average molecular weight is 240 g/mol. The van der Waals surface area contributed by atoms with Crippen LogP contribution < -0.4 is 16.2 Å². The predicted molar refractivity (Wildman–Crippen MR) is 65.9 cm³/mol. The number of benzene rings is 1. The van der Waals surface area contributed by atoms with Gasteiger partial charge in [-0.1, -0.05) is 23.7 Å². The van der Waals surface area contributed by atoms with E-state index in [-0.39, 0.29) is 0 Å². The molecule has 0 atom stereocenters. The quantitative estimate of drug-likeness (QED) is 0.621. The lowest BCUT2D eigenvalue weighted by Gasteiger charge is -2.20. The molecule has 1 amide bonds. The second kappa shape index (κ2) is 5.53. The SMILES string of the molecule is CNN(/C=C(\C)C(N)=O)c1ccccc1Cl. The van der Waals surface area contributed by atoms with Crippen molar-refractivity contribution in [1.29, 1.82) is 0 Å². The molecule has 0 unspecified atom stereocenters. The number of halogens is 1. The van der Waals surface area contributed by atoms with Gasteiger partial charge < -0.3 is 5.73 Å². The Morgan fingerprint density at radius 2 is 2.12 bits per heavy atom. The topological polar surface area (TPSA) is 58.4 Å². The molecule has 16 heavy (non-hydrogen) atoms. The van der Waals surface area contributed by atoms with Crippen LogP contribution in [0.2, 0.25) is 5.02 Å². The summed E-state index contributed by atoms with van der Waals surface area (Å²) < 4.78 is 0. The van der Waals surface area contributed by atoms with Crippen molar-refractivity contribution < 1.29 is 4.79 Å². The van der Waals surface area contributed by atoms with Gasteiger partial charge in [0.05, 0.1) is 10.7 Å². The van der Waals surface area contributed by atoms with Crippen LogP contribution >= 0.6 is 11.6 Å². The number of nitrogens with two attached hydrogens (primary N) is 1. The first-order chi connectivity index (χ1) is 7.56. The number of carbonyl (C=O) groups excluding carboxylic acids is 1. The Labute approximate surface area is 99.7 Å². The summed E-state index contributed by atoms with van der Waals surface area (Å²) in [6.07, 6.45) is 1.60. The zero-order valence-electron chi connectivity index (χ0n) is 9.20. The number of nitrogens with zero attached hydrogens (tertiary/aromatic N) is 1. The van der Waals surface area contributed by atoms with Gasteiger partial charge in [-0.25, -0.2) is 5.43 Å². The number of anilines is 1. The maximum Gasteiger partial charge on any atom is 0.245 e. The summed E-state index contributed by atoms with van der Waals surface area (Å²) in [5.41, 5.74) is 9.27. The molecule has 0 aromatic heterocycles. The molecule has 0 saturated carbocycles. The second-order valence-electron chi connectivity index (χ2n) is 3.22. The van der Waals surface area contributed by atoms with E-state index < -0.39 is 5.91 Å². The van der Waals surface area contributed by atoms with Crippen molar-refractivity contribution >= 4 is 23.2 Å². The van der Waals surface area contributed by atoms with Gasteiger partial charge in [-0.05, 0) is 19.1 Å². The van der Waals surface area contributed by atoms with Crippen molar-refractivity contribution in [1.82, 2.24) is 5.43 Å². The molecule has 86 valence electrons. The molecule has 0 heterocycles. The smallest absolute Gasteiger partial charge is 0.245 e. The number of hydrogen-bond donors (Lipinski definition) is 2. The number of nitrogens with one attached hydrogen (secondary N) is 1. The Kier molecular flexibility index (Phi) is 4.34. The van der Waals surface area contributed by atoms with Crippen LogP contribution in [0.25, 0.3) is 0 Å². The highest BCUT2D eigenvalue weighted by molar-refractivity contribution is 6.33. The second-order valence-corrected chi connectivity index (χ2v) is 3.63. The Morgan fingerprint density at radius 3 is 2.62 bits per heavy atom. The summed E-state index contributed by atoms with van der Waals surface area (Å²) in [7, 11) is 1.73. The van der Waals surface area contributed by atoms with E-state index in [1.165, 1.54) is 0 Å². The molecule has 3 N–H and O–H groups in total. The number of carbonyl (C=O) groups is 1. The van der Waals surface area contributed by atoms with Gasteiger partial charge in [0.1, 0.15) is 0 Å². The van der Waals surface area contributed by atoms with Gasteiger partial charge in [-0.3, -0.25) is 9.80 Å². The third kappa shape index (κ3) is 2.98. The Balaban J connectivity index is 3.05. The van der Waals surface area contributed by atoms with Crippen LogP contribution in [0.15, 0.2) is 36.0 Å². The van der Waals surface area contributed by atoms with Gasteiger partial charge in [0.25, 0.3) is 0 Å². The monoisotopic (exact) mass is 239 g/mol. The van der Waals surface area contributed by atoms with Crippen molar-refractivity contribution in [2.45, 2.75) is 6.92 Å². The van der Waals surface area contributed by atoms with Gasteiger partial charge in [0, 0.05) is 18.8 Å². The minimum atomic E-state index is -0.465. The van der Waals surface area contributed by atoms with E-state index in [0.717, 1.165) is 5.69 Å². The molecule has 0 aliphatic heterocycles. The summed E-state index contributed by atoms with van der Waals surface area (Å²) in [5, 5.41) is 2.23. The van der Waals surface area contributed by atoms with Crippen LogP contribution in [0.4, 0.5) is 5.69 Å². The van der Waals surface area contributed by atoms with Crippen LogP contribution in [-0.2, 0) is 4.79 Å². The fourth-order valence-corrected chi connectivity index (χ4v) is 1.39. The lowest BCUT2D eigenvalue weighted by atomic mass is 10.3. The van der Waals surface area contributed by atoms with E-state index in [0.29, 0.717) is 10.6 Å². The van der Waals surface area contributed by atoms with Crippen molar-refractivity contribution in [3.05, 3.63) is 41.1 Å². The van der Waals surface area contributed by atoms with Crippen molar-refractivity contribution in [2.24, 2.45) is 5.73 Å². The van der Waals surface area contributed by atoms with Gasteiger partial charge in [-0.15, -0.1) is 0 Å². The van der Waals surface area contributed by atoms with E-state index in [1.807, 2.05) is 18.2 Å². The number of hydrogen-bond acceptors (Lipinski definition) is 3. The summed E-state index contributed by atoms with van der Waals surface area (Å²) in [5.74, 6) is -0.465. The fourth-order valence-electron chi connectivity index (χ4n) is 1.16. The molecule has 1 aromatic carbocycles. The molecular formula is C11H14ClN3O. The molecule has 5 heteroatoms. The van der Waals surface area contributed by atoms with Crippen molar-refractivity contribution in [2.75, 3.05) is 12.1 Å². The highest BCUT2D eigenvalue weighted by Crippen LogP contribution is 2.24. The minimum absolute atomic E-state index is 0.439. The normalized spacial score (nSPS) is 11.3. The van der Waals surface area contributed by atoms with E-state index in [1.54, 1.807) is 31.2 Å². The van der Waals surface area contributed by atoms with E-state index >= 15 is 0 Å². The molecule has 1 aromatic rings. The molecule has 0 aliphatic carbocycles. The molecule has 0 saturated heterocycles. The van der Waals surface area contributed by atoms with Crippen LogP contribution in [0.5, 0.6) is 0 Å². The van der Waals surface area contributed by atoms with Gasteiger partial charge in [-0.2, -0.15) is 0 Å². The third-order valence-electron chi connectivity index (χ3n) is 2.06. The first-order valence-electron chi connectivity index (χ1n) is 4.75. The summed E-state index contributed by atoms with van der Waals surface area (Å²) in [6.45, 7) is 1.64. The number of rotatable bonds is 4. The number of primary amides is 1. The molecule has 1 rings (SSSR count). The largest absolute Gasteiger partial charge is 0.366 e. The maximum absolute atomic E-state index is 10.9. The highest BCUT2D eigenvalue weighted by Gasteiger charge is 2.07. The molecule has 0 radical (unpaired) electrons. The fraction of sp³-hybridized carbons (Fsp3) is 0.182. The van der Waals surface area contributed by atoms with Gasteiger partial charge >= 0.3 is 0 Å². The highest BCUT2D eigenvalue weighted by atomic mass is 35.5. The molecular weight excluding hydrogens is 226 g/mol. The molecule has 0 spiro atoms. The number of hydrazine groups is 1. The van der Waals surface area contributed by atoms with E-state index in [9.17, 15) is 4.79 Å². The first kappa shape index (κ1) is 12.5. The summed E-state index contributed by atoms with van der Waals surface area (Å²) in [6, 6.07) is 7.31. The Hall–Kier alpha value is -1.52. The first-order valence-corrected chi connectivity index (χ1v) is 5.13. The summed E-state index contributed by atoms with van der Waals surface area (Å²) >= 11 is 6.03. The predicted octanol–water partition coefficient (Wildman–Crippen LogP) is 1.67. The van der Waals surface area contributed by atoms with E-state index in [2.05, 4.69) is 5.43 Å². The molecule has 0 bridgehead atoms. The van der Waals surface area contributed by atoms with Crippen molar-refractivity contribution in [3.63, 3.8) is 0 Å². The molecule has 0 fully saturated rings. The summed E-state index contributed by atoms with van der Waals surface area (Å²) in [4.78, 5) is 10.9. The molecule has 4 nitrogen and oxygen atoms in total. The van der Waals surface area contributed by atoms with Gasteiger partial charge in [0.2, 0.25) is 5.91 Å². The lowest BCUT2D eigenvalue weighted by molar-refractivity contribution is -0.114. The van der Waals surface area contributed by atoms with Crippen LogP contribution in [-0.4, -0.2) is 13.0 Å². The Morgan fingerprint density at radius 1 is 1.50 bits per heavy atom. The maximum atomic E-state index is 10.9. The third-order valence-corrected chi connectivity index (χ3v) is 2.38. The number of para-hydroxylation sites is 1. The van der Waals surface area contributed by atoms with Crippen LogP contribution in [0.1, 0.15) is 6.92 Å².